The predicted octanol–water partition coefficient (Wildman–Crippen LogP) is 10.8. The Morgan fingerprint density at radius 2 is 1.03 bits per heavy atom. The molecule has 0 spiro atoms. The van der Waals surface area contributed by atoms with E-state index < -0.39 is 36.1 Å². The van der Waals surface area contributed by atoms with E-state index in [9.17, 15) is 45.5 Å². The Morgan fingerprint density at radius 1 is 0.609 bits per heavy atom. The average Bonchev–Trinajstić information content (AvgIpc) is 3.81. The number of nitrogens with zero attached hydrogens (tertiary/aromatic N) is 2. The van der Waals surface area contributed by atoms with Crippen LogP contribution in [-0.2, 0) is 9.47 Å². The van der Waals surface area contributed by atoms with Crippen molar-refractivity contribution < 1.29 is 64.5 Å². The van der Waals surface area contributed by atoms with Gasteiger partial charge in [-0.25, -0.2) is 9.59 Å². The van der Waals surface area contributed by atoms with Crippen LogP contribution in [0.4, 0.5) is 35.9 Å². The first kappa shape index (κ1) is 52.0. The van der Waals surface area contributed by atoms with Crippen LogP contribution in [0.2, 0.25) is 0 Å². The number of alkyl carbamates (subject to hydrolysis) is 2. The van der Waals surface area contributed by atoms with Crippen LogP contribution in [0.15, 0.2) is 91.0 Å². The molecule has 2 aliphatic rings. The van der Waals surface area contributed by atoms with Crippen LogP contribution in [0.5, 0.6) is 11.5 Å². The number of hydrogen-bond donors (Lipinski definition) is 4. The maximum atomic E-state index is 12.9. The molecular formula is C48H51F6IN6O8. The van der Waals surface area contributed by atoms with Gasteiger partial charge in [0.25, 0.3) is 11.8 Å². The molecule has 2 unspecified atom stereocenters. The maximum absolute atomic E-state index is 12.9. The van der Waals surface area contributed by atoms with Gasteiger partial charge < -0.3 is 49.3 Å². The Labute approximate surface area is 407 Å². The molecule has 0 aliphatic carbocycles. The second-order valence-corrected chi connectivity index (χ2v) is 19.0. The third kappa shape index (κ3) is 14.3. The lowest BCUT2D eigenvalue weighted by molar-refractivity contribution is -0.275. The van der Waals surface area contributed by atoms with E-state index in [0.29, 0.717) is 82.1 Å². The minimum Gasteiger partial charge on any atom is -0.444 e. The molecule has 14 nitrogen and oxygen atoms in total. The molecule has 69 heavy (non-hydrogen) atoms. The van der Waals surface area contributed by atoms with E-state index in [1.165, 1.54) is 36.4 Å². The fraction of sp³-hybridized carbons (Fsp3) is 0.375. The molecule has 0 fully saturated rings. The largest absolute Gasteiger partial charge is 0.573 e. The molecule has 0 bridgehead atoms. The highest BCUT2D eigenvalue weighted by atomic mass is 127. The lowest BCUT2D eigenvalue weighted by Gasteiger charge is -2.29. The minimum atomic E-state index is -4.83. The number of carbonyl (C=O) groups excluding carboxylic acids is 4. The van der Waals surface area contributed by atoms with E-state index >= 15 is 0 Å². The van der Waals surface area contributed by atoms with Crippen molar-refractivity contribution in [2.45, 2.75) is 90.4 Å². The molecule has 4 N–H and O–H groups in total. The van der Waals surface area contributed by atoms with E-state index in [1.807, 2.05) is 39.5 Å². The number of hydrogen-bond acceptors (Lipinski definition) is 8. The zero-order chi connectivity index (χ0) is 50.5. The van der Waals surface area contributed by atoms with Crippen molar-refractivity contribution in [3.8, 4) is 45.0 Å². The molecular weight excluding hydrogens is 1030 g/mol. The fourth-order valence-corrected chi connectivity index (χ4v) is 8.82. The highest BCUT2D eigenvalue weighted by Gasteiger charge is 2.35. The molecule has 2 aromatic heterocycles. The first-order valence-electron chi connectivity index (χ1n) is 21.7. The topological polar surface area (TPSA) is 163 Å². The standard InChI is InChI=1S/C27H28F3N3O4.C21H23F3IN3O4/c1-26(2,3)37-25(35)31-13-12-19-16-32-24(34)22-15-21(23(33(19)22)17-8-5-4-6-9-17)18-10-7-11-20(14-18)36-27(28,29)30;1-20(2,3)32-19(30)26-8-7-13-11-27-18(29)16-10-15(17(25)28(13)16)12-5-4-6-14(9-12)31-21(22,23)24/h4-11,14-15,19H,12-13,16H2,1-3H3,(H,31,35)(H,32,34);4-6,9-10,13H,7-8,11H2,1-3H3,(H,26,30)(H,27,29). The molecule has 370 valence electrons. The second-order valence-electron chi connectivity index (χ2n) is 17.9. The fourth-order valence-electron chi connectivity index (χ4n) is 7.70. The van der Waals surface area contributed by atoms with E-state index in [-0.39, 0.29) is 35.4 Å². The van der Waals surface area contributed by atoms with Gasteiger partial charge in [0.2, 0.25) is 0 Å². The first-order chi connectivity index (χ1) is 32.2. The summed E-state index contributed by atoms with van der Waals surface area (Å²) in [5, 5.41) is 11.1. The van der Waals surface area contributed by atoms with Crippen LogP contribution < -0.4 is 30.7 Å². The molecule has 7 rings (SSSR count). The smallest absolute Gasteiger partial charge is 0.444 e. The molecule has 4 heterocycles. The number of fused-ring (bicyclic) bond motifs is 2. The number of nitrogens with one attached hydrogen (secondary N) is 4. The third-order valence-electron chi connectivity index (χ3n) is 10.3. The molecule has 0 saturated heterocycles. The summed E-state index contributed by atoms with van der Waals surface area (Å²) in [6, 6.07) is 23.6. The highest BCUT2D eigenvalue weighted by Crippen LogP contribution is 2.41. The SMILES string of the molecule is CC(C)(C)OC(=O)NCCC1CNC(=O)c2cc(-c3cccc(OC(F)(F)F)c3)c(-c3ccccc3)n21.CC(C)(C)OC(=O)NCCC1CNC(=O)c2cc(-c3cccc(OC(F)(F)F)c3)c(I)n21. The molecule has 5 aromatic rings. The number of benzene rings is 3. The Hall–Kier alpha value is -6.39. The second kappa shape index (κ2) is 21.1. The van der Waals surface area contributed by atoms with Crippen molar-refractivity contribution in [1.29, 1.82) is 0 Å². The third-order valence-corrected chi connectivity index (χ3v) is 11.4. The van der Waals surface area contributed by atoms with Gasteiger partial charge in [-0.05, 0) is 130 Å². The van der Waals surface area contributed by atoms with Gasteiger partial charge in [0.05, 0.1) is 21.5 Å². The summed E-state index contributed by atoms with van der Waals surface area (Å²) in [5.41, 5.74) is 3.22. The van der Waals surface area contributed by atoms with Crippen molar-refractivity contribution in [2.24, 2.45) is 0 Å². The Bertz CT molecular complexity index is 2650. The highest BCUT2D eigenvalue weighted by molar-refractivity contribution is 14.1. The van der Waals surface area contributed by atoms with Gasteiger partial charge in [-0.15, -0.1) is 26.3 Å². The van der Waals surface area contributed by atoms with E-state index in [4.69, 9.17) is 9.47 Å². The van der Waals surface area contributed by atoms with Crippen molar-refractivity contribution in [2.75, 3.05) is 26.2 Å². The lowest BCUT2D eigenvalue weighted by Crippen LogP contribution is -2.41. The van der Waals surface area contributed by atoms with Crippen molar-refractivity contribution in [1.82, 2.24) is 30.4 Å². The summed E-state index contributed by atoms with van der Waals surface area (Å²) in [6.45, 7) is 12.0. The summed E-state index contributed by atoms with van der Waals surface area (Å²) in [5.74, 6) is -1.25. The zero-order valence-electron chi connectivity index (χ0n) is 38.4. The van der Waals surface area contributed by atoms with Crippen LogP contribution >= 0.6 is 22.6 Å². The van der Waals surface area contributed by atoms with E-state index in [0.717, 1.165) is 5.56 Å². The van der Waals surface area contributed by atoms with Gasteiger partial charge in [-0.2, -0.15) is 0 Å². The first-order valence-corrected chi connectivity index (χ1v) is 22.8. The van der Waals surface area contributed by atoms with Gasteiger partial charge in [-0.1, -0.05) is 54.6 Å². The number of halogens is 7. The lowest BCUT2D eigenvalue weighted by atomic mass is 10.0. The average molecular weight is 1080 g/mol. The molecule has 2 aliphatic heterocycles. The van der Waals surface area contributed by atoms with Crippen LogP contribution in [0, 0.1) is 3.70 Å². The van der Waals surface area contributed by atoms with Crippen molar-refractivity contribution >= 4 is 46.6 Å². The van der Waals surface area contributed by atoms with Gasteiger partial charge in [0, 0.05) is 37.3 Å². The Morgan fingerprint density at radius 3 is 1.49 bits per heavy atom. The summed E-state index contributed by atoms with van der Waals surface area (Å²) >= 11 is 2.08. The molecule has 0 saturated carbocycles. The Balaban J connectivity index is 0.000000229. The molecule has 4 amide bonds. The zero-order valence-corrected chi connectivity index (χ0v) is 40.5. The van der Waals surface area contributed by atoms with Crippen LogP contribution in [0.3, 0.4) is 0 Å². The van der Waals surface area contributed by atoms with Crippen LogP contribution in [-0.4, -0.2) is 83.2 Å². The van der Waals surface area contributed by atoms with E-state index in [2.05, 4.69) is 53.3 Å². The normalized spacial score (nSPS) is 15.8. The molecule has 0 radical (unpaired) electrons. The van der Waals surface area contributed by atoms with Crippen molar-refractivity contribution in [3.05, 3.63) is 106 Å². The molecule has 21 heteroatoms. The number of aromatic nitrogens is 2. The van der Waals surface area contributed by atoms with Gasteiger partial charge in [0.1, 0.15) is 34.1 Å². The summed E-state index contributed by atoms with van der Waals surface area (Å²) in [7, 11) is 0. The quantitative estimate of drug-likeness (QED) is 0.0750. The monoisotopic (exact) mass is 1080 g/mol. The summed E-state index contributed by atoms with van der Waals surface area (Å²) in [6.07, 6.45) is -9.68. The number of rotatable bonds is 11. The maximum Gasteiger partial charge on any atom is 0.573 e. The van der Waals surface area contributed by atoms with Gasteiger partial charge in [-0.3, -0.25) is 9.59 Å². The number of alkyl halides is 6. The van der Waals surface area contributed by atoms with Gasteiger partial charge in [0.15, 0.2) is 0 Å². The number of carbonyl (C=O) groups is 4. The van der Waals surface area contributed by atoms with Gasteiger partial charge >= 0.3 is 24.9 Å². The molecule has 2 atom stereocenters. The predicted molar refractivity (Wildman–Crippen MR) is 252 cm³/mol. The van der Waals surface area contributed by atoms with Crippen LogP contribution in [0.1, 0.15) is 87.4 Å². The van der Waals surface area contributed by atoms with Crippen molar-refractivity contribution in [3.63, 3.8) is 0 Å². The number of ether oxygens (including phenoxy) is 4. The van der Waals surface area contributed by atoms with Crippen LogP contribution in [0.25, 0.3) is 33.5 Å². The molecule has 3 aromatic carbocycles. The summed E-state index contributed by atoms with van der Waals surface area (Å²) < 4.78 is 99.5. The Kier molecular flexibility index (Phi) is 15.9. The number of amides is 4. The summed E-state index contributed by atoms with van der Waals surface area (Å²) in [4.78, 5) is 49.3. The van der Waals surface area contributed by atoms with E-state index in [1.54, 1.807) is 65.8 Å². The minimum absolute atomic E-state index is 0.145.